The highest BCUT2D eigenvalue weighted by atomic mass is 16.5. The Labute approximate surface area is 130 Å². The van der Waals surface area contributed by atoms with Crippen LogP contribution in [0.1, 0.15) is 52.9 Å². The van der Waals surface area contributed by atoms with Gasteiger partial charge < -0.3 is 15.2 Å². The molecule has 1 saturated carbocycles. The molecule has 2 unspecified atom stereocenters. The number of nitrogens with zero attached hydrogens (tertiary/aromatic N) is 1. The van der Waals surface area contributed by atoms with E-state index in [1.165, 1.54) is 32.1 Å². The number of rotatable bonds is 6. The summed E-state index contributed by atoms with van der Waals surface area (Å²) in [6.07, 6.45) is 6.78. The van der Waals surface area contributed by atoms with Gasteiger partial charge in [0.15, 0.2) is 0 Å². The molecule has 4 heteroatoms. The van der Waals surface area contributed by atoms with Gasteiger partial charge in [-0.1, -0.05) is 33.1 Å². The van der Waals surface area contributed by atoms with Crippen LogP contribution in [-0.2, 0) is 4.74 Å². The molecule has 21 heavy (non-hydrogen) atoms. The molecule has 0 aromatic rings. The average Bonchev–Trinajstić information content (AvgIpc) is 2.49. The second-order valence-electron chi connectivity index (χ2n) is 7.51. The first-order valence-electron chi connectivity index (χ1n) is 8.74. The van der Waals surface area contributed by atoms with Crippen molar-refractivity contribution < 1.29 is 9.84 Å². The van der Waals surface area contributed by atoms with Crippen molar-refractivity contribution in [1.29, 1.82) is 0 Å². The van der Waals surface area contributed by atoms with Crippen molar-refractivity contribution in [3.63, 3.8) is 0 Å². The summed E-state index contributed by atoms with van der Waals surface area (Å²) >= 11 is 0. The van der Waals surface area contributed by atoms with Gasteiger partial charge in [-0.3, -0.25) is 4.90 Å². The Kier molecular flexibility index (Phi) is 6.48. The van der Waals surface area contributed by atoms with Gasteiger partial charge in [-0.2, -0.15) is 0 Å². The van der Waals surface area contributed by atoms with Gasteiger partial charge in [0.2, 0.25) is 0 Å². The first kappa shape index (κ1) is 17.2. The van der Waals surface area contributed by atoms with E-state index in [4.69, 9.17) is 4.74 Å². The smallest absolute Gasteiger partial charge is 0.0933 e. The molecular formula is C17H34N2O2. The van der Waals surface area contributed by atoms with E-state index in [0.717, 1.165) is 26.2 Å². The van der Waals surface area contributed by atoms with Gasteiger partial charge >= 0.3 is 0 Å². The van der Waals surface area contributed by atoms with Crippen LogP contribution in [0.5, 0.6) is 0 Å². The monoisotopic (exact) mass is 298 g/mol. The largest absolute Gasteiger partial charge is 0.394 e. The minimum absolute atomic E-state index is 0.0000940. The van der Waals surface area contributed by atoms with E-state index in [0.29, 0.717) is 17.5 Å². The van der Waals surface area contributed by atoms with Crippen molar-refractivity contribution in [2.45, 2.75) is 71.1 Å². The molecule has 1 aliphatic carbocycles. The summed E-state index contributed by atoms with van der Waals surface area (Å²) in [4.78, 5) is 2.55. The highest BCUT2D eigenvalue weighted by Crippen LogP contribution is 2.37. The molecular weight excluding hydrogens is 264 g/mol. The molecule has 2 N–H and O–H groups in total. The summed E-state index contributed by atoms with van der Waals surface area (Å²) in [5, 5.41) is 13.1. The summed E-state index contributed by atoms with van der Waals surface area (Å²) in [6.45, 7) is 10.7. The fraction of sp³-hybridized carbons (Fsp3) is 1.00. The minimum atomic E-state index is -0.0000940. The Balaban J connectivity index is 1.99. The third-order valence-corrected chi connectivity index (χ3v) is 5.18. The van der Waals surface area contributed by atoms with Gasteiger partial charge in [-0.15, -0.1) is 0 Å². The number of hydrogen-bond donors (Lipinski definition) is 2. The van der Waals surface area contributed by atoms with Crippen LogP contribution in [0.15, 0.2) is 0 Å². The third-order valence-electron chi connectivity index (χ3n) is 5.18. The van der Waals surface area contributed by atoms with Gasteiger partial charge in [0, 0.05) is 31.7 Å². The Bertz CT molecular complexity index is 303. The van der Waals surface area contributed by atoms with Crippen molar-refractivity contribution >= 4 is 0 Å². The molecule has 0 aromatic heterocycles. The van der Waals surface area contributed by atoms with Crippen molar-refractivity contribution in [1.82, 2.24) is 10.2 Å². The number of aliphatic hydroxyl groups excluding tert-OH is 1. The van der Waals surface area contributed by atoms with Gasteiger partial charge in [0.05, 0.1) is 19.3 Å². The topological polar surface area (TPSA) is 44.7 Å². The Hall–Kier alpha value is -0.160. The predicted octanol–water partition coefficient (Wildman–Crippen LogP) is 2.02. The van der Waals surface area contributed by atoms with Crippen LogP contribution < -0.4 is 5.32 Å². The van der Waals surface area contributed by atoms with Crippen molar-refractivity contribution in [3.8, 4) is 0 Å². The fourth-order valence-corrected chi connectivity index (χ4v) is 3.75. The maximum absolute atomic E-state index is 9.38. The Morgan fingerprint density at radius 3 is 2.62 bits per heavy atom. The van der Waals surface area contributed by atoms with Gasteiger partial charge in [-0.25, -0.2) is 0 Å². The van der Waals surface area contributed by atoms with Crippen LogP contribution in [0.2, 0.25) is 0 Å². The lowest BCUT2D eigenvalue weighted by Gasteiger charge is -2.46. The second kappa shape index (κ2) is 7.91. The van der Waals surface area contributed by atoms with Crippen molar-refractivity contribution in [2.75, 3.05) is 32.8 Å². The van der Waals surface area contributed by atoms with Crippen LogP contribution in [0.4, 0.5) is 0 Å². The molecule has 0 spiro atoms. The molecule has 0 aromatic carbocycles. The average molecular weight is 298 g/mol. The zero-order valence-corrected chi connectivity index (χ0v) is 14.1. The number of ether oxygens (including phenoxy) is 1. The fourth-order valence-electron chi connectivity index (χ4n) is 3.75. The van der Waals surface area contributed by atoms with Crippen LogP contribution in [0.3, 0.4) is 0 Å². The van der Waals surface area contributed by atoms with Crippen molar-refractivity contribution in [3.05, 3.63) is 0 Å². The van der Waals surface area contributed by atoms with E-state index < -0.39 is 0 Å². The van der Waals surface area contributed by atoms with E-state index in [9.17, 15) is 5.11 Å². The molecule has 2 fully saturated rings. The van der Waals surface area contributed by atoms with Gasteiger partial charge in [0.25, 0.3) is 0 Å². The molecule has 0 bridgehead atoms. The van der Waals surface area contributed by atoms with E-state index >= 15 is 0 Å². The van der Waals surface area contributed by atoms with Crippen LogP contribution >= 0.6 is 0 Å². The number of hydrogen-bond acceptors (Lipinski definition) is 4. The standard InChI is InChI=1S/C17H34N2O2/c1-14(2)18-12-17(7-5-4-6-8-17)13-19-9-16(10-20)21-11-15(19)3/h14-16,18,20H,4-13H2,1-3H3. The van der Waals surface area contributed by atoms with E-state index in [1.807, 2.05) is 0 Å². The molecule has 2 rings (SSSR count). The minimum Gasteiger partial charge on any atom is -0.394 e. The van der Waals surface area contributed by atoms with E-state index in [2.05, 4.69) is 31.0 Å². The predicted molar refractivity (Wildman–Crippen MR) is 86.5 cm³/mol. The van der Waals surface area contributed by atoms with Crippen LogP contribution in [0.25, 0.3) is 0 Å². The summed E-state index contributed by atoms with van der Waals surface area (Å²) in [6, 6.07) is 1.02. The lowest BCUT2D eigenvalue weighted by Crippen LogP contribution is -2.55. The summed E-state index contributed by atoms with van der Waals surface area (Å²) in [5.74, 6) is 0. The number of morpholine rings is 1. The quantitative estimate of drug-likeness (QED) is 0.787. The normalized spacial score (nSPS) is 30.7. The summed E-state index contributed by atoms with van der Waals surface area (Å²) < 4.78 is 5.68. The van der Waals surface area contributed by atoms with E-state index in [1.54, 1.807) is 0 Å². The highest BCUT2D eigenvalue weighted by molar-refractivity contribution is 4.91. The Morgan fingerprint density at radius 1 is 1.29 bits per heavy atom. The van der Waals surface area contributed by atoms with Crippen LogP contribution in [0, 0.1) is 5.41 Å². The maximum Gasteiger partial charge on any atom is 0.0933 e. The highest BCUT2D eigenvalue weighted by Gasteiger charge is 2.37. The van der Waals surface area contributed by atoms with Gasteiger partial charge in [-0.05, 0) is 25.2 Å². The molecule has 2 atom stereocenters. The lowest BCUT2D eigenvalue weighted by atomic mass is 9.73. The zero-order valence-electron chi connectivity index (χ0n) is 14.1. The molecule has 4 nitrogen and oxygen atoms in total. The molecule has 0 radical (unpaired) electrons. The molecule has 1 heterocycles. The van der Waals surface area contributed by atoms with Crippen molar-refractivity contribution in [2.24, 2.45) is 5.41 Å². The molecule has 1 aliphatic heterocycles. The molecule has 0 amide bonds. The Morgan fingerprint density at radius 2 is 2.00 bits per heavy atom. The zero-order chi connectivity index (χ0) is 15.3. The third kappa shape index (κ3) is 4.92. The molecule has 124 valence electrons. The first-order valence-corrected chi connectivity index (χ1v) is 8.74. The molecule has 2 aliphatic rings. The van der Waals surface area contributed by atoms with Crippen LogP contribution in [-0.4, -0.2) is 61.0 Å². The summed E-state index contributed by atoms with van der Waals surface area (Å²) in [7, 11) is 0. The van der Waals surface area contributed by atoms with E-state index in [-0.39, 0.29) is 12.7 Å². The second-order valence-corrected chi connectivity index (χ2v) is 7.51. The number of aliphatic hydroxyl groups is 1. The first-order chi connectivity index (χ1) is 10.0. The summed E-state index contributed by atoms with van der Waals surface area (Å²) in [5.41, 5.74) is 0.411. The SMILES string of the molecule is CC(C)NCC1(CN2CC(CO)OCC2C)CCCCC1. The number of nitrogens with one attached hydrogen (secondary N) is 1. The van der Waals surface area contributed by atoms with Gasteiger partial charge in [0.1, 0.15) is 0 Å². The molecule has 1 saturated heterocycles. The lowest BCUT2D eigenvalue weighted by molar-refractivity contribution is -0.0908. The maximum atomic E-state index is 9.38.